The quantitative estimate of drug-likeness (QED) is 0.379. The first-order valence-electron chi connectivity index (χ1n) is 9.39. The smallest absolute Gasteiger partial charge is 0.421 e. The second-order valence-electron chi connectivity index (χ2n) is 7.08. The van der Waals surface area contributed by atoms with Crippen LogP contribution in [-0.2, 0) is 13.2 Å². The number of hydrogen-bond acceptors (Lipinski definition) is 2. The number of hydrogen-bond donors (Lipinski definition) is 0. The Morgan fingerprint density at radius 2 is 1.71 bits per heavy atom. The zero-order valence-corrected chi connectivity index (χ0v) is 18.0. The van der Waals surface area contributed by atoms with Crippen LogP contribution >= 0.6 is 0 Å². The average Bonchev–Trinajstić information content (AvgIpc) is 2.70. The van der Waals surface area contributed by atoms with Crippen LogP contribution in [-0.4, -0.2) is 13.4 Å². The maximum atomic E-state index is 14.1. The van der Waals surface area contributed by atoms with E-state index in [-0.39, 0.29) is 22.6 Å². The minimum absolute atomic E-state index is 0.0898. The van der Waals surface area contributed by atoms with Crippen LogP contribution in [0.3, 0.4) is 0 Å². The Bertz CT molecular complexity index is 1170. The Kier molecular flexibility index (Phi) is 6.35. The molecule has 9 heteroatoms. The fraction of sp³-hybridized carbons (Fsp3) is 0.227. The van der Waals surface area contributed by atoms with Crippen LogP contribution in [0.5, 0.6) is 11.5 Å². The van der Waals surface area contributed by atoms with Gasteiger partial charge in [0.15, 0.2) is 11.6 Å². The summed E-state index contributed by atoms with van der Waals surface area (Å²) in [6, 6.07) is 9.47. The molecule has 3 rings (SSSR count). The molecule has 0 atom stereocenters. The van der Waals surface area contributed by atoms with Gasteiger partial charge in [0.1, 0.15) is 17.1 Å². The molecule has 0 unspecified atom stereocenters. The monoisotopic (exact) mass is 452 g/mol. The molecule has 3 nitrogen and oxygen atoms in total. The van der Waals surface area contributed by atoms with Crippen LogP contribution in [0.15, 0.2) is 53.5 Å². The number of benzene rings is 2. The Morgan fingerprint density at radius 3 is 2.32 bits per heavy atom. The van der Waals surface area contributed by atoms with Crippen LogP contribution in [0.2, 0.25) is 12.6 Å². The van der Waals surface area contributed by atoms with Gasteiger partial charge in [-0.1, -0.05) is 36.8 Å². The lowest BCUT2D eigenvalue weighted by Crippen LogP contribution is -2.27. The molecule has 31 heavy (non-hydrogen) atoms. The Labute approximate surface area is 177 Å². The molecule has 2 aromatic carbocycles. The summed E-state index contributed by atoms with van der Waals surface area (Å²) in [4.78, 5) is 12.0. The van der Waals surface area contributed by atoms with Crippen LogP contribution in [0.1, 0.15) is 12.5 Å². The summed E-state index contributed by atoms with van der Waals surface area (Å²) in [5.41, 5.74) is -2.11. The normalized spacial score (nSPS) is 11.8. The minimum atomic E-state index is -4.84. The summed E-state index contributed by atoms with van der Waals surface area (Å²) in [5, 5.41) is 0.942. The third kappa shape index (κ3) is 4.87. The van der Waals surface area contributed by atoms with E-state index in [9.17, 15) is 26.7 Å². The highest BCUT2D eigenvalue weighted by Crippen LogP contribution is 2.36. The Hall–Kier alpha value is -2.94. The van der Waals surface area contributed by atoms with Crippen molar-refractivity contribution in [3.63, 3.8) is 0 Å². The molecule has 0 spiro atoms. The maximum Gasteiger partial charge on any atom is 0.421 e. The number of pyridine rings is 1. The lowest BCUT2D eigenvalue weighted by atomic mass is 10.0. The van der Waals surface area contributed by atoms with Gasteiger partial charge in [-0.05, 0) is 24.3 Å². The molecule has 0 aliphatic heterocycles. The summed E-state index contributed by atoms with van der Waals surface area (Å²) in [7, 11) is 0.265. The van der Waals surface area contributed by atoms with Crippen molar-refractivity contribution in [1.82, 2.24) is 4.57 Å². The third-order valence-corrected chi connectivity index (χ3v) is 7.27. The molecular formula is C22H19F5NO2Si. The largest absolute Gasteiger partial charge is 0.454 e. The van der Waals surface area contributed by atoms with Gasteiger partial charge in [-0.2, -0.15) is 13.2 Å². The van der Waals surface area contributed by atoms with Crippen molar-refractivity contribution in [2.45, 2.75) is 25.7 Å². The number of alkyl halides is 3. The second-order valence-corrected chi connectivity index (χ2v) is 9.92. The molecule has 1 heterocycles. The van der Waals surface area contributed by atoms with Crippen LogP contribution in [0, 0.1) is 11.6 Å². The van der Waals surface area contributed by atoms with Gasteiger partial charge in [0.25, 0.3) is 5.56 Å². The molecule has 0 saturated heterocycles. The molecule has 0 saturated carbocycles. The van der Waals surface area contributed by atoms with Gasteiger partial charge < -0.3 is 9.30 Å². The van der Waals surface area contributed by atoms with Crippen molar-refractivity contribution >= 4 is 14.0 Å². The minimum Gasteiger partial charge on any atom is -0.454 e. The van der Waals surface area contributed by atoms with E-state index in [0.29, 0.717) is 6.07 Å². The van der Waals surface area contributed by atoms with E-state index in [4.69, 9.17) is 4.74 Å². The molecule has 1 aromatic heterocycles. The number of nitrogens with zero attached hydrogens (tertiary/aromatic N) is 1. The van der Waals surface area contributed by atoms with Gasteiger partial charge in [0, 0.05) is 30.4 Å². The molecule has 3 aromatic rings. The zero-order valence-electron chi connectivity index (χ0n) is 17.0. The molecule has 1 radical (unpaired) electrons. The van der Waals surface area contributed by atoms with Gasteiger partial charge in [0.2, 0.25) is 0 Å². The van der Waals surface area contributed by atoms with Crippen molar-refractivity contribution in [2.24, 2.45) is 7.05 Å². The number of halogens is 5. The van der Waals surface area contributed by atoms with E-state index in [0.717, 1.165) is 34.0 Å². The first-order valence-corrected chi connectivity index (χ1v) is 11.6. The Balaban J connectivity index is 2.21. The van der Waals surface area contributed by atoms with E-state index >= 15 is 0 Å². The van der Waals surface area contributed by atoms with E-state index in [1.54, 1.807) is 18.2 Å². The van der Waals surface area contributed by atoms with E-state index in [1.807, 2.05) is 6.92 Å². The fourth-order valence-corrected chi connectivity index (χ4v) is 4.22. The summed E-state index contributed by atoms with van der Waals surface area (Å²) in [6.07, 6.45) is -3.56. The lowest BCUT2D eigenvalue weighted by Gasteiger charge is -2.17. The first kappa shape index (κ1) is 22.7. The van der Waals surface area contributed by atoms with Gasteiger partial charge in [-0.3, -0.25) is 4.79 Å². The van der Waals surface area contributed by atoms with Crippen LogP contribution in [0.4, 0.5) is 22.0 Å². The van der Waals surface area contributed by atoms with Gasteiger partial charge in [0.05, 0.1) is 8.80 Å². The van der Waals surface area contributed by atoms with E-state index < -0.39 is 37.7 Å². The predicted molar refractivity (Wildman–Crippen MR) is 110 cm³/mol. The zero-order chi connectivity index (χ0) is 22.9. The van der Waals surface area contributed by atoms with Gasteiger partial charge in [-0.15, -0.1) is 0 Å². The summed E-state index contributed by atoms with van der Waals surface area (Å²) < 4.78 is 74.0. The molecular weight excluding hydrogens is 433 g/mol. The third-order valence-electron chi connectivity index (χ3n) is 4.92. The van der Waals surface area contributed by atoms with Crippen molar-refractivity contribution in [3.05, 3.63) is 76.2 Å². The van der Waals surface area contributed by atoms with E-state index in [1.165, 1.54) is 13.2 Å². The highest BCUT2D eigenvalue weighted by Gasteiger charge is 2.35. The Morgan fingerprint density at radius 1 is 1.03 bits per heavy atom. The molecule has 0 bridgehead atoms. The van der Waals surface area contributed by atoms with Crippen molar-refractivity contribution in [3.8, 4) is 22.6 Å². The van der Waals surface area contributed by atoms with Crippen LogP contribution in [0.25, 0.3) is 11.1 Å². The summed E-state index contributed by atoms with van der Waals surface area (Å²) >= 11 is 0. The van der Waals surface area contributed by atoms with Crippen molar-refractivity contribution in [1.29, 1.82) is 0 Å². The number of ether oxygens (including phenoxy) is 1. The molecule has 0 aliphatic rings. The predicted octanol–water partition coefficient (Wildman–Crippen LogP) is 5.49. The highest BCUT2D eigenvalue weighted by molar-refractivity contribution is 6.72. The fourth-order valence-electron chi connectivity index (χ4n) is 3.05. The van der Waals surface area contributed by atoms with Crippen molar-refractivity contribution in [2.75, 3.05) is 0 Å². The second kappa shape index (κ2) is 8.66. The van der Waals surface area contributed by atoms with Crippen LogP contribution < -0.4 is 15.5 Å². The standard InChI is InChI=1S/C22H19F5NO2Si/c1-4-31(3)15-6-8-19(30-20-7-5-14(23)10-18(20)24)16(11-15)13-9-17(22(25,26)27)21(29)28(2)12-13/h5-12H,4H2,1-3H3. The van der Waals surface area contributed by atoms with E-state index in [2.05, 4.69) is 6.55 Å². The summed E-state index contributed by atoms with van der Waals surface area (Å²) in [5.74, 6) is -1.91. The maximum absolute atomic E-state index is 14.1. The number of rotatable bonds is 5. The SMILES string of the molecule is CC[Si](C)c1ccc(Oc2ccc(F)cc2F)c(-c2cc(C(F)(F)F)c(=O)n(C)c2)c1. The number of aryl methyl sites for hydroxylation is 1. The molecule has 163 valence electrons. The first-order chi connectivity index (χ1) is 14.5. The lowest BCUT2D eigenvalue weighted by molar-refractivity contribution is -0.138. The highest BCUT2D eigenvalue weighted by atomic mass is 28.3. The van der Waals surface area contributed by atoms with Gasteiger partial charge in [-0.25, -0.2) is 8.78 Å². The number of aromatic nitrogens is 1. The van der Waals surface area contributed by atoms with Gasteiger partial charge >= 0.3 is 6.18 Å². The average molecular weight is 452 g/mol. The molecule has 0 amide bonds. The summed E-state index contributed by atoms with van der Waals surface area (Å²) in [6.45, 7) is 4.08. The van der Waals surface area contributed by atoms with Crippen molar-refractivity contribution < 1.29 is 26.7 Å². The topological polar surface area (TPSA) is 31.2 Å². The molecule has 0 aliphatic carbocycles. The molecule has 0 fully saturated rings. The molecule has 0 N–H and O–H groups in total.